The van der Waals surface area contributed by atoms with Crippen LogP contribution in [0.5, 0.6) is 0 Å². The number of anilines is 1. The van der Waals surface area contributed by atoms with Crippen LogP contribution in [-0.2, 0) is 9.84 Å². The zero-order chi connectivity index (χ0) is 23.1. The summed E-state index contributed by atoms with van der Waals surface area (Å²) in [7, 11) is -0.795. The van der Waals surface area contributed by atoms with Gasteiger partial charge in [-0.25, -0.2) is 17.2 Å². The quantitative estimate of drug-likeness (QED) is 0.612. The van der Waals surface area contributed by atoms with E-state index in [2.05, 4.69) is 41.2 Å². The van der Waals surface area contributed by atoms with Crippen LogP contribution in [0.15, 0.2) is 53.0 Å². The van der Waals surface area contributed by atoms with E-state index in [-0.39, 0.29) is 11.2 Å². The summed E-state index contributed by atoms with van der Waals surface area (Å²) in [5, 5.41) is 3.21. The highest BCUT2D eigenvalue weighted by Gasteiger charge is 2.46. The first-order chi connectivity index (χ1) is 15.1. The monoisotopic (exact) mass is 463 g/mol. The fraction of sp³-hybridized carbons (Fsp3) is 0.500. The van der Waals surface area contributed by atoms with Crippen LogP contribution in [0.3, 0.4) is 0 Å². The molecule has 1 unspecified atom stereocenters. The van der Waals surface area contributed by atoms with Gasteiger partial charge in [-0.3, -0.25) is 4.90 Å². The molecule has 3 aliphatic rings. The number of unbranched alkanes of at least 4 members (excludes halogenated alkanes) is 1. The lowest BCUT2D eigenvalue weighted by atomic mass is 9.74. The topological polar surface area (TPSA) is 52.6 Å². The summed E-state index contributed by atoms with van der Waals surface area (Å²) >= 11 is 0. The lowest BCUT2D eigenvalue weighted by Crippen LogP contribution is -2.36. The van der Waals surface area contributed by atoms with Crippen molar-refractivity contribution in [2.75, 3.05) is 44.0 Å². The first-order valence-corrected chi connectivity index (χ1v) is 13.1. The Morgan fingerprint density at radius 1 is 1.19 bits per heavy atom. The van der Waals surface area contributed by atoms with Gasteiger partial charge in [-0.15, -0.1) is 0 Å². The van der Waals surface area contributed by atoms with Crippen molar-refractivity contribution in [3.63, 3.8) is 0 Å². The Morgan fingerprint density at radius 3 is 2.69 bits per heavy atom. The van der Waals surface area contributed by atoms with E-state index >= 15 is 0 Å². The van der Waals surface area contributed by atoms with E-state index in [9.17, 15) is 17.2 Å². The number of sulfone groups is 1. The molecule has 0 amide bonds. The second kappa shape index (κ2) is 8.63. The van der Waals surface area contributed by atoms with E-state index in [1.807, 2.05) is 0 Å². The lowest BCUT2D eigenvalue weighted by molar-refractivity contribution is 0.262. The van der Waals surface area contributed by atoms with Gasteiger partial charge in [0.05, 0.1) is 0 Å². The molecule has 8 heteroatoms. The third-order valence-corrected chi connectivity index (χ3v) is 7.89. The summed E-state index contributed by atoms with van der Waals surface area (Å²) in [6.45, 7) is 5.05. The summed E-state index contributed by atoms with van der Waals surface area (Å²) < 4.78 is 49.5. The molecule has 1 N–H and O–H groups in total. The van der Waals surface area contributed by atoms with Gasteiger partial charge in [-0.05, 0) is 56.5 Å². The maximum absolute atomic E-state index is 13.6. The minimum Gasteiger partial charge on any atom is -0.356 e. The average Bonchev–Trinajstić information content (AvgIpc) is 2.95. The van der Waals surface area contributed by atoms with Crippen molar-refractivity contribution >= 4 is 15.5 Å². The summed E-state index contributed by atoms with van der Waals surface area (Å²) in [5.74, 6) is -1.47. The Hall–Kier alpha value is -2.19. The van der Waals surface area contributed by atoms with Crippen LogP contribution in [0.1, 0.15) is 32.6 Å². The van der Waals surface area contributed by atoms with E-state index in [0.717, 1.165) is 50.7 Å². The van der Waals surface area contributed by atoms with Gasteiger partial charge in [0.2, 0.25) is 0 Å². The molecule has 0 aromatic heterocycles. The predicted octanol–water partition coefficient (Wildman–Crippen LogP) is 4.28. The molecule has 1 aliphatic carbocycles. The molecule has 0 bridgehead atoms. The number of halogens is 2. The molecule has 1 aromatic rings. The van der Waals surface area contributed by atoms with Gasteiger partial charge in [0.1, 0.15) is 9.84 Å². The summed E-state index contributed by atoms with van der Waals surface area (Å²) in [6.07, 6.45) is 8.91. The summed E-state index contributed by atoms with van der Waals surface area (Å²) in [5.41, 5.74) is 5.34. The molecule has 0 fully saturated rings. The number of hydrogen-bond acceptors (Lipinski definition) is 5. The maximum atomic E-state index is 13.6. The molecule has 0 saturated carbocycles. The number of fused-ring (bicyclic) bond motifs is 2. The Balaban J connectivity index is 1.44. The SMILES string of the molecule is CN1C2=CC(Nc3ccc(F)c(F)c3)=CCC2(C)C2=C1CCN(CCCCS(C)(=O)=O)C2. The van der Waals surface area contributed by atoms with Crippen LogP contribution in [0.25, 0.3) is 0 Å². The summed E-state index contributed by atoms with van der Waals surface area (Å²) in [4.78, 5) is 4.72. The molecule has 1 atom stereocenters. The van der Waals surface area contributed by atoms with Gasteiger partial charge in [0.25, 0.3) is 0 Å². The highest BCUT2D eigenvalue weighted by molar-refractivity contribution is 7.90. The van der Waals surface area contributed by atoms with Crippen molar-refractivity contribution in [1.82, 2.24) is 9.80 Å². The first-order valence-electron chi connectivity index (χ1n) is 11.1. The predicted molar refractivity (Wildman–Crippen MR) is 124 cm³/mol. The van der Waals surface area contributed by atoms with E-state index < -0.39 is 21.5 Å². The molecular weight excluding hydrogens is 432 g/mol. The van der Waals surface area contributed by atoms with Crippen molar-refractivity contribution in [3.8, 4) is 0 Å². The largest absolute Gasteiger partial charge is 0.356 e. The minimum atomic E-state index is -2.90. The van der Waals surface area contributed by atoms with Crippen molar-refractivity contribution in [2.24, 2.45) is 5.41 Å². The molecule has 2 aliphatic heterocycles. The Kier molecular flexibility index (Phi) is 6.20. The molecule has 1 aromatic carbocycles. The number of nitrogens with one attached hydrogen (secondary N) is 1. The third-order valence-electron chi connectivity index (χ3n) is 6.86. The van der Waals surface area contributed by atoms with Crippen LogP contribution in [0.4, 0.5) is 14.5 Å². The van der Waals surface area contributed by atoms with Gasteiger partial charge < -0.3 is 10.2 Å². The Bertz CT molecular complexity index is 1110. The highest BCUT2D eigenvalue weighted by atomic mass is 32.2. The number of hydrogen-bond donors (Lipinski definition) is 1. The normalized spacial score (nSPS) is 23.6. The fourth-order valence-electron chi connectivity index (χ4n) is 5.06. The van der Waals surface area contributed by atoms with Gasteiger partial charge in [-0.2, -0.15) is 0 Å². The Morgan fingerprint density at radius 2 is 1.97 bits per heavy atom. The van der Waals surface area contributed by atoms with E-state index in [1.165, 1.54) is 35.4 Å². The standard InChI is InChI=1S/C24H31F2N3O2S/c1-24-10-8-18(27-17-6-7-20(25)21(26)14-17)15-23(24)28(2)22-9-12-29(16-19(22)24)11-4-5-13-32(3,30)31/h6-8,14-15,27H,4-5,9-13,16H2,1-3H3. The number of allylic oxidation sites excluding steroid dienone is 3. The molecule has 4 rings (SSSR count). The average molecular weight is 464 g/mol. The van der Waals surface area contributed by atoms with E-state index in [4.69, 9.17) is 0 Å². The third kappa shape index (κ3) is 4.62. The van der Waals surface area contributed by atoms with Crippen LogP contribution in [0.2, 0.25) is 0 Å². The fourth-order valence-corrected chi connectivity index (χ4v) is 5.79. The minimum absolute atomic E-state index is 0.0886. The molecule has 0 saturated heterocycles. The zero-order valence-corrected chi connectivity index (χ0v) is 19.7. The maximum Gasteiger partial charge on any atom is 0.160 e. The van der Waals surface area contributed by atoms with Crippen LogP contribution < -0.4 is 5.32 Å². The van der Waals surface area contributed by atoms with Gasteiger partial charge >= 0.3 is 0 Å². The van der Waals surface area contributed by atoms with Crippen molar-refractivity contribution in [1.29, 1.82) is 0 Å². The smallest absolute Gasteiger partial charge is 0.160 e. The number of nitrogens with zero attached hydrogens (tertiary/aromatic N) is 2. The molecule has 2 heterocycles. The lowest BCUT2D eigenvalue weighted by Gasteiger charge is -2.36. The van der Waals surface area contributed by atoms with Gasteiger partial charge in [0.15, 0.2) is 11.6 Å². The molecule has 174 valence electrons. The molecular formula is C24H31F2N3O2S. The first kappa shape index (κ1) is 23.0. The molecule has 5 nitrogen and oxygen atoms in total. The summed E-state index contributed by atoms with van der Waals surface area (Å²) in [6, 6.07) is 3.84. The van der Waals surface area contributed by atoms with Crippen molar-refractivity contribution < 1.29 is 17.2 Å². The van der Waals surface area contributed by atoms with Crippen LogP contribution in [-0.4, -0.2) is 56.9 Å². The Labute approximate surface area is 189 Å². The number of rotatable bonds is 7. The van der Waals surface area contributed by atoms with Crippen LogP contribution in [0, 0.1) is 17.0 Å². The van der Waals surface area contributed by atoms with Crippen LogP contribution >= 0.6 is 0 Å². The van der Waals surface area contributed by atoms with Crippen molar-refractivity contribution in [3.05, 3.63) is 64.6 Å². The second-order valence-corrected chi connectivity index (χ2v) is 11.6. The molecule has 0 radical (unpaired) electrons. The molecule has 32 heavy (non-hydrogen) atoms. The number of benzene rings is 1. The van der Waals surface area contributed by atoms with Gasteiger partial charge in [0, 0.05) is 72.8 Å². The van der Waals surface area contributed by atoms with E-state index in [0.29, 0.717) is 12.1 Å². The van der Waals surface area contributed by atoms with Crippen molar-refractivity contribution in [2.45, 2.75) is 32.6 Å². The van der Waals surface area contributed by atoms with Gasteiger partial charge in [-0.1, -0.05) is 6.08 Å². The zero-order valence-electron chi connectivity index (χ0n) is 18.9. The molecule has 0 spiro atoms. The second-order valence-electron chi connectivity index (χ2n) is 9.33. The van der Waals surface area contributed by atoms with E-state index in [1.54, 1.807) is 0 Å². The highest BCUT2D eigenvalue weighted by Crippen LogP contribution is 2.53.